The molecule has 0 bridgehead atoms. The van der Waals surface area contributed by atoms with E-state index in [1.807, 2.05) is 36.2 Å². The lowest BCUT2D eigenvalue weighted by molar-refractivity contribution is 0.471. The number of nitrogens with zero attached hydrogens (tertiary/aromatic N) is 2. The molecule has 1 aliphatic heterocycles. The Hall–Kier alpha value is -2.62. The van der Waals surface area contributed by atoms with Crippen molar-refractivity contribution in [2.24, 2.45) is 0 Å². The third kappa shape index (κ3) is 3.36. The van der Waals surface area contributed by atoms with Crippen molar-refractivity contribution in [1.82, 2.24) is 8.97 Å². The van der Waals surface area contributed by atoms with Crippen LogP contribution in [-0.2, 0) is 6.54 Å². The number of aromatic nitrogens is 2. The van der Waals surface area contributed by atoms with Gasteiger partial charge in [-0.2, -0.15) is 0 Å². The van der Waals surface area contributed by atoms with Gasteiger partial charge in [0.1, 0.15) is 0 Å². The second kappa shape index (κ2) is 7.18. The minimum absolute atomic E-state index is 0.0213. The lowest BCUT2D eigenvalue weighted by atomic mass is 10.1. The van der Waals surface area contributed by atoms with Gasteiger partial charge in [-0.1, -0.05) is 56.4 Å². The van der Waals surface area contributed by atoms with Crippen molar-refractivity contribution < 1.29 is 5.11 Å². The molecule has 4 rings (SSSR count). The molecule has 0 radical (unpaired) electrons. The van der Waals surface area contributed by atoms with Crippen LogP contribution in [0, 0.1) is 0 Å². The number of aromatic hydroxyl groups is 1. The molecule has 2 atom stereocenters. The minimum atomic E-state index is -0.509. The quantitative estimate of drug-likeness (QED) is 0.685. The average Bonchev–Trinajstić information content (AvgIpc) is 2.67. The highest BCUT2D eigenvalue weighted by Gasteiger charge is 2.19. The Morgan fingerprint density at radius 3 is 2.78 bits per heavy atom. The summed E-state index contributed by atoms with van der Waals surface area (Å²) < 4.78 is 2.98. The van der Waals surface area contributed by atoms with Crippen molar-refractivity contribution in [3.8, 4) is 5.75 Å². The monoisotopic (exact) mass is 398 g/mol. The fraction of sp³-hybridized carbons (Fsp3) is 0.100. The zero-order valence-corrected chi connectivity index (χ0v) is 15.9. The summed E-state index contributed by atoms with van der Waals surface area (Å²) in [5, 5.41) is 11.1. The highest BCUT2D eigenvalue weighted by atomic mass is 35.5. The van der Waals surface area contributed by atoms with Crippen LogP contribution in [0.2, 0.25) is 5.02 Å². The van der Waals surface area contributed by atoms with Gasteiger partial charge in [0.25, 0.3) is 5.56 Å². The van der Waals surface area contributed by atoms with Gasteiger partial charge in [-0.05, 0) is 17.7 Å². The third-order valence-corrected chi connectivity index (χ3v) is 5.95. The van der Waals surface area contributed by atoms with Crippen LogP contribution in [0.1, 0.15) is 16.8 Å². The van der Waals surface area contributed by atoms with Gasteiger partial charge in [0.05, 0.1) is 6.54 Å². The number of allylic oxidation sites excluding steroid dienone is 3. The number of halogens is 1. The van der Waals surface area contributed by atoms with E-state index in [0.29, 0.717) is 25.7 Å². The molecule has 3 heterocycles. The summed E-state index contributed by atoms with van der Waals surface area (Å²) in [6, 6.07) is 7.21. The predicted octanol–water partition coefficient (Wildman–Crippen LogP) is 3.67. The van der Waals surface area contributed by atoms with Crippen LogP contribution in [0.25, 0.3) is 5.52 Å². The molecule has 2 aromatic heterocycles. The second-order valence-electron chi connectivity index (χ2n) is 6.27. The van der Waals surface area contributed by atoms with Crippen LogP contribution < -0.4 is 11.0 Å². The van der Waals surface area contributed by atoms with Gasteiger partial charge in [-0.15, -0.1) is 0 Å². The van der Waals surface area contributed by atoms with Gasteiger partial charge >= 0.3 is 0 Å². The molecular weight excluding hydrogens is 383 g/mol. The van der Waals surface area contributed by atoms with Crippen molar-refractivity contribution >= 4 is 25.7 Å². The Labute approximate surface area is 161 Å². The predicted molar refractivity (Wildman–Crippen MR) is 109 cm³/mol. The minimum Gasteiger partial charge on any atom is -0.503 e. The van der Waals surface area contributed by atoms with Crippen molar-refractivity contribution in [1.29, 1.82) is 0 Å². The van der Waals surface area contributed by atoms with Gasteiger partial charge < -0.3 is 14.1 Å². The first-order valence-electron chi connectivity index (χ1n) is 8.36. The lowest BCUT2D eigenvalue weighted by Gasteiger charge is -2.15. The topological polar surface area (TPSA) is 63.7 Å². The normalized spacial score (nSPS) is 17.0. The second-order valence-corrected chi connectivity index (χ2v) is 7.99. The molecule has 27 heavy (non-hydrogen) atoms. The first-order chi connectivity index (χ1) is 13.0. The number of pyridine rings is 1. The van der Waals surface area contributed by atoms with E-state index in [1.165, 1.54) is 8.97 Å². The number of benzene rings is 1. The molecule has 0 fully saturated rings. The molecule has 0 spiro atoms. The van der Waals surface area contributed by atoms with Gasteiger partial charge in [0, 0.05) is 34.8 Å². The Bertz CT molecular complexity index is 1210. The molecule has 2 unspecified atom stereocenters. The van der Waals surface area contributed by atoms with Crippen LogP contribution in [0.3, 0.4) is 0 Å². The largest absolute Gasteiger partial charge is 0.503 e. The summed E-state index contributed by atoms with van der Waals surface area (Å²) in [4.78, 5) is 25.5. The fourth-order valence-electron chi connectivity index (χ4n) is 3.14. The molecule has 0 amide bonds. The number of rotatable bonds is 3. The van der Waals surface area contributed by atoms with Gasteiger partial charge in [-0.3, -0.25) is 9.59 Å². The van der Waals surface area contributed by atoms with E-state index < -0.39 is 16.7 Å². The molecule has 136 valence electrons. The first-order valence-corrected chi connectivity index (χ1v) is 9.89. The molecule has 1 aliphatic rings. The van der Waals surface area contributed by atoms with E-state index in [4.69, 9.17) is 11.6 Å². The molecule has 3 aromatic rings. The maximum atomic E-state index is 12.9. The molecule has 0 aliphatic carbocycles. The molecule has 0 saturated carbocycles. The van der Waals surface area contributed by atoms with Crippen LogP contribution in [0.5, 0.6) is 5.75 Å². The Morgan fingerprint density at radius 1 is 1.19 bits per heavy atom. The number of hydrogen-bond donors (Lipinski definition) is 1. The molecule has 0 saturated heterocycles. The van der Waals surface area contributed by atoms with Crippen molar-refractivity contribution in [3.05, 3.63) is 104 Å². The van der Waals surface area contributed by atoms with E-state index in [0.717, 1.165) is 5.56 Å². The highest BCUT2D eigenvalue weighted by Crippen LogP contribution is 2.38. The van der Waals surface area contributed by atoms with Gasteiger partial charge in [-0.25, -0.2) is 0 Å². The summed E-state index contributed by atoms with van der Waals surface area (Å²) >= 11 is 6.00. The number of hydrogen-bond acceptors (Lipinski definition) is 3. The molecule has 1 aromatic carbocycles. The summed E-state index contributed by atoms with van der Waals surface area (Å²) in [5.41, 5.74) is 0.306. The first kappa shape index (κ1) is 17.8. The highest BCUT2D eigenvalue weighted by molar-refractivity contribution is 7.42. The van der Waals surface area contributed by atoms with Crippen molar-refractivity contribution in [2.75, 3.05) is 0 Å². The van der Waals surface area contributed by atoms with Crippen LogP contribution >= 0.6 is 20.2 Å². The molecule has 7 heteroatoms. The molecule has 5 nitrogen and oxygen atoms in total. The van der Waals surface area contributed by atoms with Crippen molar-refractivity contribution in [2.45, 2.75) is 12.2 Å². The zero-order valence-electron chi connectivity index (χ0n) is 14.2. The van der Waals surface area contributed by atoms with E-state index >= 15 is 0 Å². The van der Waals surface area contributed by atoms with Crippen LogP contribution in [0.4, 0.5) is 0 Å². The standard InChI is InChI=1S/C20H16ClN2O3P/c21-14-5-3-4-13(10-14)11-23-8-7-22-12-15(16-6-1-2-9-27-16)18(24)19(25)17(22)20(23)26/h1-10,12,16,25,27H,11H2. The van der Waals surface area contributed by atoms with E-state index in [2.05, 4.69) is 0 Å². The summed E-state index contributed by atoms with van der Waals surface area (Å²) in [7, 11) is 0.421. The van der Waals surface area contributed by atoms with Gasteiger partial charge in [0.2, 0.25) is 5.43 Å². The molecule has 1 N–H and O–H groups in total. The smallest absolute Gasteiger partial charge is 0.279 e. The molecular formula is C20H16ClN2O3P. The van der Waals surface area contributed by atoms with Crippen molar-refractivity contribution in [3.63, 3.8) is 0 Å². The van der Waals surface area contributed by atoms with E-state index in [9.17, 15) is 14.7 Å². The third-order valence-electron chi connectivity index (χ3n) is 4.47. The van der Waals surface area contributed by atoms with Crippen LogP contribution in [0.15, 0.2) is 76.5 Å². The maximum Gasteiger partial charge on any atom is 0.279 e. The summed E-state index contributed by atoms with van der Waals surface area (Å²) in [6.45, 7) is 0.294. The summed E-state index contributed by atoms with van der Waals surface area (Å²) in [6.07, 6.45) is 10.7. The average molecular weight is 399 g/mol. The zero-order chi connectivity index (χ0) is 19.0. The van der Waals surface area contributed by atoms with Gasteiger partial charge in [0.15, 0.2) is 11.3 Å². The Morgan fingerprint density at radius 2 is 2.04 bits per heavy atom. The van der Waals surface area contributed by atoms with Crippen LogP contribution in [-0.4, -0.2) is 14.1 Å². The SMILES string of the molecule is O=c1c(C2C=CC=CP2)cn2ccn(Cc3cccc(Cl)c3)c(=O)c2c1O. The van der Waals surface area contributed by atoms with E-state index in [-0.39, 0.29) is 11.2 Å². The number of fused-ring (bicyclic) bond motifs is 1. The Kier molecular flexibility index (Phi) is 4.73. The lowest BCUT2D eigenvalue weighted by Crippen LogP contribution is -2.25. The Balaban J connectivity index is 1.82. The fourth-order valence-corrected chi connectivity index (χ4v) is 4.39. The maximum absolute atomic E-state index is 12.9. The summed E-state index contributed by atoms with van der Waals surface area (Å²) in [5.74, 6) is 1.49. The van der Waals surface area contributed by atoms with E-state index in [1.54, 1.807) is 30.7 Å².